The fraction of sp³-hybridized carbons (Fsp3) is 0.519. The van der Waals surface area contributed by atoms with Gasteiger partial charge in [0.05, 0.1) is 12.2 Å². The number of amides is 1. The predicted molar refractivity (Wildman–Crippen MR) is 138 cm³/mol. The van der Waals surface area contributed by atoms with Gasteiger partial charge in [-0.1, -0.05) is 12.1 Å². The van der Waals surface area contributed by atoms with Crippen LogP contribution in [0.25, 0.3) is 11.4 Å². The zero-order valence-electron chi connectivity index (χ0n) is 22.0. The molecule has 0 bridgehead atoms. The van der Waals surface area contributed by atoms with Crippen molar-refractivity contribution in [3.63, 3.8) is 0 Å². The van der Waals surface area contributed by atoms with E-state index in [-0.39, 0.29) is 11.8 Å². The molecule has 1 saturated heterocycles. The van der Waals surface area contributed by atoms with Gasteiger partial charge in [0.15, 0.2) is 0 Å². The number of carbonyl (C=O) groups is 1. The van der Waals surface area contributed by atoms with Gasteiger partial charge in [-0.15, -0.1) is 0 Å². The van der Waals surface area contributed by atoms with E-state index in [0.29, 0.717) is 30.2 Å². The van der Waals surface area contributed by atoms with E-state index in [1.54, 1.807) is 26.2 Å². The molecule has 9 nitrogen and oxygen atoms in total. The Morgan fingerprint density at radius 1 is 1.18 bits per heavy atom. The Bertz CT molecular complexity index is 1190. The predicted octanol–water partition coefficient (Wildman–Crippen LogP) is 4.97. The van der Waals surface area contributed by atoms with Gasteiger partial charge in [0, 0.05) is 50.1 Å². The minimum Gasteiger partial charge on any atom is -0.493 e. The van der Waals surface area contributed by atoms with E-state index in [2.05, 4.69) is 37.2 Å². The zero-order valence-corrected chi connectivity index (χ0v) is 22.0. The van der Waals surface area contributed by atoms with Crippen LogP contribution in [0, 0.1) is 17.6 Å². The number of halogens is 2. The van der Waals surface area contributed by atoms with Crippen LogP contribution in [0.1, 0.15) is 69.1 Å². The fourth-order valence-electron chi connectivity index (χ4n) is 4.46. The molecule has 1 aromatic carbocycles. The molecule has 1 aliphatic rings. The second-order valence-electron chi connectivity index (χ2n) is 9.84. The monoisotopic (exact) mass is 528 g/mol. The summed E-state index contributed by atoms with van der Waals surface area (Å²) >= 11 is 0. The summed E-state index contributed by atoms with van der Waals surface area (Å²) in [5.74, 6) is -0.232. The molecule has 0 atom stereocenters. The van der Waals surface area contributed by atoms with Gasteiger partial charge >= 0.3 is 0 Å². The van der Waals surface area contributed by atoms with Crippen molar-refractivity contribution in [1.82, 2.24) is 25.4 Å². The maximum Gasteiger partial charge on any atom is 0.257 e. The van der Waals surface area contributed by atoms with Crippen LogP contribution in [-0.2, 0) is 6.42 Å². The van der Waals surface area contributed by atoms with E-state index in [1.165, 1.54) is 0 Å². The molecular formula is C27H34F2N6O3. The van der Waals surface area contributed by atoms with Crippen molar-refractivity contribution in [2.45, 2.75) is 65.3 Å². The Kier molecular flexibility index (Phi) is 9.19. The molecule has 0 unspecified atom stereocenters. The van der Waals surface area contributed by atoms with E-state index in [0.717, 1.165) is 69.3 Å². The number of carbonyl (C=O) groups excluding carboxylic acids is 1. The first-order valence-corrected chi connectivity index (χ1v) is 13.2. The number of aromatic nitrogens is 4. The summed E-state index contributed by atoms with van der Waals surface area (Å²) in [5, 5.41) is 6.49. The number of anilines is 1. The maximum absolute atomic E-state index is 14.3. The van der Waals surface area contributed by atoms with Gasteiger partial charge < -0.3 is 19.5 Å². The van der Waals surface area contributed by atoms with Crippen LogP contribution in [0.3, 0.4) is 0 Å². The summed E-state index contributed by atoms with van der Waals surface area (Å²) in [6, 6.07) is 1.90. The molecular weight excluding hydrogens is 494 g/mol. The van der Waals surface area contributed by atoms with Gasteiger partial charge in [0.25, 0.3) is 5.91 Å². The van der Waals surface area contributed by atoms with Crippen LogP contribution in [-0.4, -0.2) is 51.8 Å². The van der Waals surface area contributed by atoms with Crippen LogP contribution in [0.2, 0.25) is 0 Å². The van der Waals surface area contributed by atoms with Gasteiger partial charge in [0.2, 0.25) is 17.7 Å². The SMILES string of the molecule is CCCc1nc(-c2cnc(N3CCC(CCCOc4cc(F)c(C(=O)NC(C)C)c(F)c4)CC3)nc2)no1. The maximum atomic E-state index is 14.3. The summed E-state index contributed by atoms with van der Waals surface area (Å²) in [4.78, 5) is 27.5. The summed E-state index contributed by atoms with van der Waals surface area (Å²) in [6.07, 6.45) is 8.84. The number of benzene rings is 1. The second kappa shape index (κ2) is 12.7. The standard InChI is InChI=1S/C27H34F2N6O3/c1-4-6-23-33-25(34-38-23)19-15-30-27(31-16-19)35-10-8-18(9-11-35)7-5-12-37-20-13-21(28)24(22(29)14-20)26(36)32-17(2)3/h13-18H,4-12H2,1-3H3,(H,32,36). The highest BCUT2D eigenvalue weighted by molar-refractivity contribution is 5.95. The van der Waals surface area contributed by atoms with E-state index in [4.69, 9.17) is 9.26 Å². The van der Waals surface area contributed by atoms with Crippen molar-refractivity contribution in [2.75, 3.05) is 24.6 Å². The third-order valence-corrected chi connectivity index (χ3v) is 6.41. The van der Waals surface area contributed by atoms with Crippen molar-refractivity contribution in [3.8, 4) is 17.1 Å². The van der Waals surface area contributed by atoms with E-state index < -0.39 is 23.1 Å². The molecule has 3 heterocycles. The molecule has 11 heteroatoms. The van der Waals surface area contributed by atoms with E-state index in [9.17, 15) is 13.6 Å². The third-order valence-electron chi connectivity index (χ3n) is 6.41. The molecule has 1 amide bonds. The molecule has 1 aliphatic heterocycles. The normalized spacial score (nSPS) is 14.2. The number of ether oxygens (including phenoxy) is 1. The van der Waals surface area contributed by atoms with Gasteiger partial charge in [-0.05, 0) is 51.9 Å². The topological polar surface area (TPSA) is 106 Å². The summed E-state index contributed by atoms with van der Waals surface area (Å²) in [7, 11) is 0. The highest BCUT2D eigenvalue weighted by atomic mass is 19.1. The first-order chi connectivity index (χ1) is 18.3. The number of nitrogens with one attached hydrogen (secondary N) is 1. The number of nitrogens with zero attached hydrogens (tertiary/aromatic N) is 5. The average molecular weight is 529 g/mol. The van der Waals surface area contributed by atoms with Crippen LogP contribution in [0.4, 0.5) is 14.7 Å². The largest absolute Gasteiger partial charge is 0.493 e. The lowest BCUT2D eigenvalue weighted by atomic mass is 9.92. The number of hydrogen-bond acceptors (Lipinski definition) is 8. The van der Waals surface area contributed by atoms with Gasteiger partial charge in [-0.25, -0.2) is 18.7 Å². The van der Waals surface area contributed by atoms with Crippen molar-refractivity contribution in [3.05, 3.63) is 47.6 Å². The fourth-order valence-corrected chi connectivity index (χ4v) is 4.46. The lowest BCUT2D eigenvalue weighted by molar-refractivity contribution is 0.0934. The van der Waals surface area contributed by atoms with E-state index >= 15 is 0 Å². The highest BCUT2D eigenvalue weighted by Crippen LogP contribution is 2.26. The lowest BCUT2D eigenvalue weighted by Crippen LogP contribution is -2.34. The molecule has 1 N–H and O–H groups in total. The lowest BCUT2D eigenvalue weighted by Gasteiger charge is -2.32. The van der Waals surface area contributed by atoms with Gasteiger partial charge in [0.1, 0.15) is 22.9 Å². The van der Waals surface area contributed by atoms with Crippen LogP contribution < -0.4 is 15.0 Å². The first kappa shape index (κ1) is 27.4. The smallest absolute Gasteiger partial charge is 0.257 e. The Balaban J connectivity index is 1.20. The average Bonchev–Trinajstić information content (AvgIpc) is 3.35. The summed E-state index contributed by atoms with van der Waals surface area (Å²) in [6.45, 7) is 7.55. The molecule has 1 fully saturated rings. The van der Waals surface area contributed by atoms with Crippen LogP contribution >= 0.6 is 0 Å². The Morgan fingerprint density at radius 2 is 1.87 bits per heavy atom. The van der Waals surface area contributed by atoms with Gasteiger partial charge in [-0.2, -0.15) is 4.98 Å². The molecule has 38 heavy (non-hydrogen) atoms. The molecule has 204 valence electrons. The minimum atomic E-state index is -0.931. The second-order valence-corrected chi connectivity index (χ2v) is 9.84. The number of piperidine rings is 1. The van der Waals surface area contributed by atoms with Gasteiger partial charge in [-0.3, -0.25) is 4.79 Å². The molecule has 0 saturated carbocycles. The Morgan fingerprint density at radius 3 is 2.50 bits per heavy atom. The third kappa shape index (κ3) is 7.02. The van der Waals surface area contributed by atoms with Crippen molar-refractivity contribution in [1.29, 1.82) is 0 Å². The molecule has 0 spiro atoms. The summed E-state index contributed by atoms with van der Waals surface area (Å²) < 4.78 is 39.4. The van der Waals surface area contributed by atoms with Crippen molar-refractivity contribution < 1.29 is 22.8 Å². The van der Waals surface area contributed by atoms with E-state index in [1.807, 2.05) is 0 Å². The molecule has 3 aromatic rings. The number of rotatable bonds is 11. The molecule has 4 rings (SSSR count). The number of aryl methyl sites for hydroxylation is 1. The quantitative estimate of drug-likeness (QED) is 0.348. The molecule has 0 aliphatic carbocycles. The Labute approximate surface area is 221 Å². The van der Waals surface area contributed by atoms with Crippen molar-refractivity contribution in [2.24, 2.45) is 5.92 Å². The zero-order chi connectivity index (χ0) is 27.1. The first-order valence-electron chi connectivity index (χ1n) is 13.2. The molecule has 2 aromatic heterocycles. The Hall–Kier alpha value is -3.63. The molecule has 0 radical (unpaired) electrons. The van der Waals surface area contributed by atoms with Crippen molar-refractivity contribution >= 4 is 11.9 Å². The van der Waals surface area contributed by atoms with Crippen LogP contribution in [0.15, 0.2) is 29.0 Å². The highest BCUT2D eigenvalue weighted by Gasteiger charge is 2.22. The minimum absolute atomic E-state index is 0.0823. The summed E-state index contributed by atoms with van der Waals surface area (Å²) in [5.41, 5.74) is 0.135. The number of hydrogen-bond donors (Lipinski definition) is 1. The van der Waals surface area contributed by atoms with Crippen LogP contribution in [0.5, 0.6) is 5.75 Å².